The molecule has 0 aliphatic carbocycles. The van der Waals surface area contributed by atoms with Gasteiger partial charge in [-0.3, -0.25) is 0 Å². The maximum atomic E-state index is 5.77. The first kappa shape index (κ1) is 12.0. The number of halogens is 1. The summed E-state index contributed by atoms with van der Waals surface area (Å²) in [5.74, 6) is 0.986. The number of pyridine rings is 1. The van der Waals surface area contributed by atoms with E-state index < -0.39 is 0 Å². The SMILES string of the molecule is Cc1cc(N)nc(-c2nc3ccccc3cc2Br)n1. The number of nitrogens with zero attached hydrogens (tertiary/aromatic N) is 3. The van der Waals surface area contributed by atoms with Crippen molar-refractivity contribution in [2.75, 3.05) is 5.73 Å². The molecule has 0 aliphatic rings. The Bertz CT molecular complexity index is 750. The minimum absolute atomic E-state index is 0.448. The van der Waals surface area contributed by atoms with Crippen molar-refractivity contribution in [3.8, 4) is 11.5 Å². The smallest absolute Gasteiger partial charge is 0.181 e. The fourth-order valence-corrected chi connectivity index (χ4v) is 2.46. The molecule has 3 rings (SSSR count). The zero-order valence-corrected chi connectivity index (χ0v) is 11.8. The van der Waals surface area contributed by atoms with Gasteiger partial charge in [-0.1, -0.05) is 18.2 Å². The van der Waals surface area contributed by atoms with Gasteiger partial charge in [0.05, 0.1) is 5.52 Å². The van der Waals surface area contributed by atoms with Crippen LogP contribution in [0.4, 0.5) is 5.82 Å². The van der Waals surface area contributed by atoms with Gasteiger partial charge in [-0.05, 0) is 35.0 Å². The lowest BCUT2D eigenvalue weighted by atomic mass is 10.2. The first-order valence-corrected chi connectivity index (χ1v) is 6.59. The highest BCUT2D eigenvalue weighted by Crippen LogP contribution is 2.28. The van der Waals surface area contributed by atoms with Crippen LogP contribution in [-0.4, -0.2) is 15.0 Å². The molecule has 2 N–H and O–H groups in total. The van der Waals surface area contributed by atoms with Crippen LogP contribution in [0.3, 0.4) is 0 Å². The summed E-state index contributed by atoms with van der Waals surface area (Å²) in [5.41, 5.74) is 8.20. The van der Waals surface area contributed by atoms with Crippen molar-refractivity contribution in [3.63, 3.8) is 0 Å². The van der Waals surface area contributed by atoms with E-state index in [1.165, 1.54) is 0 Å². The van der Waals surface area contributed by atoms with Gasteiger partial charge in [0, 0.05) is 21.6 Å². The van der Waals surface area contributed by atoms with Gasteiger partial charge in [-0.25, -0.2) is 15.0 Å². The average Bonchev–Trinajstić information content (AvgIpc) is 2.36. The highest BCUT2D eigenvalue weighted by Gasteiger charge is 2.11. The Hall–Kier alpha value is -2.01. The number of aryl methyl sites for hydroxylation is 1. The predicted molar refractivity (Wildman–Crippen MR) is 79.6 cm³/mol. The lowest BCUT2D eigenvalue weighted by Crippen LogP contribution is -1.99. The Balaban J connectivity index is 2.26. The summed E-state index contributed by atoms with van der Waals surface area (Å²) >= 11 is 3.52. The molecule has 4 nitrogen and oxygen atoms in total. The lowest BCUT2D eigenvalue weighted by Gasteiger charge is -2.06. The summed E-state index contributed by atoms with van der Waals surface area (Å²) < 4.78 is 0.858. The summed E-state index contributed by atoms with van der Waals surface area (Å²) in [5, 5.41) is 1.07. The van der Waals surface area contributed by atoms with Crippen LogP contribution in [-0.2, 0) is 0 Å². The molecule has 19 heavy (non-hydrogen) atoms. The van der Waals surface area contributed by atoms with Gasteiger partial charge in [-0.15, -0.1) is 0 Å². The number of para-hydroxylation sites is 1. The number of hydrogen-bond donors (Lipinski definition) is 1. The molecule has 0 saturated carbocycles. The zero-order valence-electron chi connectivity index (χ0n) is 10.3. The molecule has 2 aromatic heterocycles. The number of nitrogen functional groups attached to an aromatic ring is 1. The summed E-state index contributed by atoms with van der Waals surface area (Å²) in [4.78, 5) is 13.2. The second kappa shape index (κ2) is 4.59. The van der Waals surface area contributed by atoms with Crippen LogP contribution in [0.25, 0.3) is 22.4 Å². The van der Waals surface area contributed by atoms with Gasteiger partial charge in [0.1, 0.15) is 11.5 Å². The van der Waals surface area contributed by atoms with E-state index >= 15 is 0 Å². The van der Waals surface area contributed by atoms with E-state index in [4.69, 9.17) is 5.73 Å². The van der Waals surface area contributed by atoms with Crippen molar-refractivity contribution < 1.29 is 0 Å². The standard InChI is InChI=1S/C14H11BrN4/c1-8-6-12(16)19-14(17-8)13-10(15)7-9-4-2-3-5-11(9)18-13/h2-7H,1H3,(H2,16,17,19). The van der Waals surface area contributed by atoms with Crippen molar-refractivity contribution in [2.24, 2.45) is 0 Å². The number of benzene rings is 1. The molecule has 2 heterocycles. The highest BCUT2D eigenvalue weighted by atomic mass is 79.9. The molecule has 0 unspecified atom stereocenters. The van der Waals surface area contributed by atoms with Crippen LogP contribution in [0.5, 0.6) is 0 Å². The van der Waals surface area contributed by atoms with E-state index in [0.717, 1.165) is 21.1 Å². The molecule has 0 radical (unpaired) electrons. The van der Waals surface area contributed by atoms with Gasteiger partial charge in [0.15, 0.2) is 5.82 Å². The third-order valence-corrected chi connectivity index (χ3v) is 3.37. The monoisotopic (exact) mass is 314 g/mol. The maximum Gasteiger partial charge on any atom is 0.181 e. The van der Waals surface area contributed by atoms with Crippen molar-refractivity contribution in [1.82, 2.24) is 15.0 Å². The largest absolute Gasteiger partial charge is 0.384 e. The molecule has 0 atom stereocenters. The Morgan fingerprint density at radius 3 is 2.63 bits per heavy atom. The summed E-state index contributed by atoms with van der Waals surface area (Å²) in [7, 11) is 0. The zero-order chi connectivity index (χ0) is 13.4. The van der Waals surface area contributed by atoms with E-state index in [1.54, 1.807) is 6.07 Å². The minimum atomic E-state index is 0.448. The van der Waals surface area contributed by atoms with Crippen LogP contribution >= 0.6 is 15.9 Å². The molecule has 3 aromatic rings. The topological polar surface area (TPSA) is 64.7 Å². The van der Waals surface area contributed by atoms with Crippen molar-refractivity contribution in [3.05, 3.63) is 46.6 Å². The first-order chi connectivity index (χ1) is 9.13. The molecule has 0 aliphatic heterocycles. The highest BCUT2D eigenvalue weighted by molar-refractivity contribution is 9.10. The summed E-state index contributed by atoms with van der Waals surface area (Å²) in [6, 6.07) is 11.7. The number of fused-ring (bicyclic) bond motifs is 1. The average molecular weight is 315 g/mol. The van der Waals surface area contributed by atoms with Gasteiger partial charge < -0.3 is 5.73 Å². The molecule has 0 amide bonds. The number of nitrogens with two attached hydrogens (primary N) is 1. The Labute approximate surface area is 118 Å². The fraction of sp³-hybridized carbons (Fsp3) is 0.0714. The fourth-order valence-electron chi connectivity index (χ4n) is 1.95. The number of anilines is 1. The predicted octanol–water partition coefficient (Wildman–Crippen LogP) is 3.34. The quantitative estimate of drug-likeness (QED) is 0.748. The lowest BCUT2D eigenvalue weighted by molar-refractivity contribution is 1.10. The number of aromatic nitrogens is 3. The van der Waals surface area contributed by atoms with Crippen molar-refractivity contribution in [2.45, 2.75) is 6.92 Å². The summed E-state index contributed by atoms with van der Waals surface area (Å²) in [6.07, 6.45) is 0. The second-order valence-electron chi connectivity index (χ2n) is 4.27. The van der Waals surface area contributed by atoms with E-state index in [0.29, 0.717) is 17.3 Å². The van der Waals surface area contributed by atoms with Crippen LogP contribution in [0.2, 0.25) is 0 Å². The molecule has 0 fully saturated rings. The van der Waals surface area contributed by atoms with E-state index in [9.17, 15) is 0 Å². The van der Waals surface area contributed by atoms with Crippen LogP contribution in [0, 0.1) is 6.92 Å². The Kier molecular flexibility index (Phi) is 2.91. The second-order valence-corrected chi connectivity index (χ2v) is 5.12. The first-order valence-electron chi connectivity index (χ1n) is 5.80. The van der Waals surface area contributed by atoms with Gasteiger partial charge in [-0.2, -0.15) is 0 Å². The molecular formula is C14H11BrN4. The van der Waals surface area contributed by atoms with Gasteiger partial charge >= 0.3 is 0 Å². The normalized spacial score (nSPS) is 10.8. The minimum Gasteiger partial charge on any atom is -0.384 e. The third kappa shape index (κ3) is 2.29. The van der Waals surface area contributed by atoms with Crippen LogP contribution in [0.1, 0.15) is 5.69 Å². The third-order valence-electron chi connectivity index (χ3n) is 2.76. The van der Waals surface area contributed by atoms with Gasteiger partial charge in [0.25, 0.3) is 0 Å². The van der Waals surface area contributed by atoms with Crippen molar-refractivity contribution in [1.29, 1.82) is 0 Å². The Morgan fingerprint density at radius 2 is 1.84 bits per heavy atom. The van der Waals surface area contributed by atoms with E-state index in [2.05, 4.69) is 30.9 Å². The molecule has 1 aromatic carbocycles. The molecule has 0 spiro atoms. The molecule has 0 bridgehead atoms. The molecule has 0 saturated heterocycles. The number of rotatable bonds is 1. The number of hydrogen-bond acceptors (Lipinski definition) is 4. The molecule has 94 valence electrons. The molecular weight excluding hydrogens is 304 g/mol. The van der Waals surface area contributed by atoms with Crippen molar-refractivity contribution >= 4 is 32.7 Å². The summed E-state index contributed by atoms with van der Waals surface area (Å²) in [6.45, 7) is 1.89. The Morgan fingerprint density at radius 1 is 1.05 bits per heavy atom. The van der Waals surface area contributed by atoms with E-state index in [1.807, 2.05) is 37.3 Å². The van der Waals surface area contributed by atoms with Crippen LogP contribution < -0.4 is 5.73 Å². The van der Waals surface area contributed by atoms with E-state index in [-0.39, 0.29) is 0 Å². The van der Waals surface area contributed by atoms with Gasteiger partial charge in [0.2, 0.25) is 0 Å². The van der Waals surface area contributed by atoms with Crippen LogP contribution in [0.15, 0.2) is 40.9 Å². The maximum absolute atomic E-state index is 5.77. The molecule has 5 heteroatoms.